The van der Waals surface area contributed by atoms with E-state index in [9.17, 15) is 4.79 Å². The second-order valence-corrected chi connectivity index (χ2v) is 9.63. The summed E-state index contributed by atoms with van der Waals surface area (Å²) in [6.07, 6.45) is 1.41. The Morgan fingerprint density at radius 3 is 2.58 bits per heavy atom. The zero-order valence-electron chi connectivity index (χ0n) is 19.3. The maximum atomic E-state index is 12.7. The number of amides is 1. The summed E-state index contributed by atoms with van der Waals surface area (Å²) in [4.78, 5) is 19.6. The van der Waals surface area contributed by atoms with Gasteiger partial charge in [-0.1, -0.05) is 18.2 Å². The van der Waals surface area contributed by atoms with Gasteiger partial charge in [0.2, 0.25) is 5.91 Å². The van der Waals surface area contributed by atoms with E-state index in [2.05, 4.69) is 69.5 Å². The summed E-state index contributed by atoms with van der Waals surface area (Å²) >= 11 is 0. The number of benzene rings is 2. The lowest BCUT2D eigenvalue weighted by Crippen LogP contribution is -2.42. The standard InChI is InChI=1S/C26H33N3O2/c1-18-11-12-21(15-19(18)2)31-14-8-13-28-23-10-7-6-9-22(23)27-25(28)20-16-24(30)29(17-20)26(3,4)5/h6-7,9-12,15,20H,8,13-14,16-17H2,1-5H3/t20-/m0/s1. The number of aryl methyl sites for hydroxylation is 3. The Morgan fingerprint density at radius 2 is 1.87 bits per heavy atom. The van der Waals surface area contributed by atoms with E-state index in [0.717, 1.165) is 42.1 Å². The van der Waals surface area contributed by atoms with Crippen LogP contribution in [0.25, 0.3) is 11.0 Å². The third kappa shape index (κ3) is 4.46. The van der Waals surface area contributed by atoms with Gasteiger partial charge in [-0.3, -0.25) is 4.79 Å². The summed E-state index contributed by atoms with van der Waals surface area (Å²) in [7, 11) is 0. The van der Waals surface area contributed by atoms with E-state index in [-0.39, 0.29) is 17.4 Å². The number of fused-ring (bicyclic) bond motifs is 1. The molecule has 164 valence electrons. The third-order valence-electron chi connectivity index (χ3n) is 6.26. The summed E-state index contributed by atoms with van der Waals surface area (Å²) in [5.41, 5.74) is 4.48. The summed E-state index contributed by atoms with van der Waals surface area (Å²) in [5, 5.41) is 0. The summed E-state index contributed by atoms with van der Waals surface area (Å²) in [6.45, 7) is 12.7. The number of aromatic nitrogens is 2. The van der Waals surface area contributed by atoms with Gasteiger partial charge in [0, 0.05) is 31.0 Å². The molecular weight excluding hydrogens is 386 g/mol. The highest BCUT2D eigenvalue weighted by Gasteiger charge is 2.38. The zero-order valence-corrected chi connectivity index (χ0v) is 19.3. The molecule has 1 aromatic heterocycles. The molecule has 2 heterocycles. The Hall–Kier alpha value is -2.82. The average Bonchev–Trinajstić information content (AvgIpc) is 3.28. The van der Waals surface area contributed by atoms with E-state index in [0.29, 0.717) is 13.0 Å². The third-order valence-corrected chi connectivity index (χ3v) is 6.26. The Kier molecular flexibility index (Phi) is 5.78. The fraction of sp³-hybridized carbons (Fsp3) is 0.462. The fourth-order valence-electron chi connectivity index (χ4n) is 4.39. The maximum Gasteiger partial charge on any atom is 0.223 e. The van der Waals surface area contributed by atoms with Gasteiger partial charge >= 0.3 is 0 Å². The number of hydrogen-bond donors (Lipinski definition) is 0. The van der Waals surface area contributed by atoms with E-state index in [1.807, 2.05) is 17.0 Å². The number of hydrogen-bond acceptors (Lipinski definition) is 3. The molecule has 0 radical (unpaired) electrons. The SMILES string of the molecule is Cc1ccc(OCCCn2c([C@H]3CC(=O)N(C(C)(C)C)C3)nc3ccccc32)cc1C. The highest BCUT2D eigenvalue weighted by molar-refractivity contribution is 5.81. The van der Waals surface area contributed by atoms with Crippen LogP contribution in [0.15, 0.2) is 42.5 Å². The molecule has 0 spiro atoms. The molecule has 4 rings (SSSR count). The number of likely N-dealkylation sites (tertiary alicyclic amines) is 1. The van der Waals surface area contributed by atoms with Gasteiger partial charge in [-0.25, -0.2) is 4.98 Å². The Balaban J connectivity index is 1.50. The van der Waals surface area contributed by atoms with Crippen molar-refractivity contribution >= 4 is 16.9 Å². The fourth-order valence-corrected chi connectivity index (χ4v) is 4.39. The van der Waals surface area contributed by atoms with Gasteiger partial charge in [0.15, 0.2) is 0 Å². The first-order valence-corrected chi connectivity index (χ1v) is 11.2. The second kappa shape index (κ2) is 8.37. The first kappa shape index (κ1) is 21.4. The smallest absolute Gasteiger partial charge is 0.223 e. The number of imidazole rings is 1. The maximum absolute atomic E-state index is 12.7. The number of para-hydroxylation sites is 2. The predicted molar refractivity (Wildman–Crippen MR) is 125 cm³/mol. The van der Waals surface area contributed by atoms with Gasteiger partial charge in [0.25, 0.3) is 0 Å². The molecule has 1 saturated heterocycles. The van der Waals surface area contributed by atoms with Crippen molar-refractivity contribution in [2.75, 3.05) is 13.2 Å². The molecule has 0 aliphatic carbocycles. The van der Waals surface area contributed by atoms with Crippen molar-refractivity contribution in [3.63, 3.8) is 0 Å². The Labute approximate surface area is 185 Å². The van der Waals surface area contributed by atoms with Gasteiger partial charge in [-0.15, -0.1) is 0 Å². The summed E-state index contributed by atoms with van der Waals surface area (Å²) in [5.74, 6) is 2.28. The minimum atomic E-state index is -0.164. The molecule has 1 atom stereocenters. The minimum absolute atomic E-state index is 0.125. The highest BCUT2D eigenvalue weighted by Crippen LogP contribution is 2.34. The molecule has 1 aliphatic heterocycles. The molecule has 31 heavy (non-hydrogen) atoms. The Morgan fingerprint density at radius 1 is 1.10 bits per heavy atom. The monoisotopic (exact) mass is 419 g/mol. The molecule has 2 aromatic carbocycles. The van der Waals surface area contributed by atoms with E-state index < -0.39 is 0 Å². The van der Waals surface area contributed by atoms with Crippen LogP contribution in [0, 0.1) is 13.8 Å². The molecular formula is C26H33N3O2. The van der Waals surface area contributed by atoms with Crippen molar-refractivity contribution in [3.05, 3.63) is 59.4 Å². The van der Waals surface area contributed by atoms with Crippen LogP contribution in [0.2, 0.25) is 0 Å². The van der Waals surface area contributed by atoms with Crippen molar-refractivity contribution in [3.8, 4) is 5.75 Å². The van der Waals surface area contributed by atoms with Gasteiger partial charge in [0.1, 0.15) is 11.6 Å². The van der Waals surface area contributed by atoms with Gasteiger partial charge in [-0.2, -0.15) is 0 Å². The molecule has 3 aromatic rings. The molecule has 0 N–H and O–H groups in total. The predicted octanol–water partition coefficient (Wildman–Crippen LogP) is 5.24. The van der Waals surface area contributed by atoms with E-state index in [1.165, 1.54) is 11.1 Å². The van der Waals surface area contributed by atoms with Gasteiger partial charge < -0.3 is 14.2 Å². The molecule has 1 fully saturated rings. The van der Waals surface area contributed by atoms with Crippen molar-refractivity contribution in [1.82, 2.24) is 14.5 Å². The molecule has 0 unspecified atom stereocenters. The van der Waals surface area contributed by atoms with Crippen LogP contribution in [-0.4, -0.2) is 39.0 Å². The van der Waals surface area contributed by atoms with Crippen LogP contribution in [-0.2, 0) is 11.3 Å². The molecule has 5 heteroatoms. The topological polar surface area (TPSA) is 47.4 Å². The first-order chi connectivity index (χ1) is 14.7. The van der Waals surface area contributed by atoms with Gasteiger partial charge in [0.05, 0.1) is 17.6 Å². The van der Waals surface area contributed by atoms with Crippen molar-refractivity contribution < 1.29 is 9.53 Å². The largest absolute Gasteiger partial charge is 0.494 e. The summed E-state index contributed by atoms with van der Waals surface area (Å²) < 4.78 is 8.30. The highest BCUT2D eigenvalue weighted by atomic mass is 16.5. The number of nitrogens with zero attached hydrogens (tertiary/aromatic N) is 3. The van der Waals surface area contributed by atoms with E-state index in [1.54, 1.807) is 0 Å². The van der Waals surface area contributed by atoms with E-state index >= 15 is 0 Å². The number of carbonyl (C=O) groups excluding carboxylic acids is 1. The molecule has 0 bridgehead atoms. The van der Waals surface area contributed by atoms with Crippen LogP contribution < -0.4 is 4.74 Å². The summed E-state index contributed by atoms with van der Waals surface area (Å²) in [6, 6.07) is 14.5. The number of rotatable bonds is 6. The lowest BCUT2D eigenvalue weighted by Gasteiger charge is -2.32. The number of carbonyl (C=O) groups is 1. The minimum Gasteiger partial charge on any atom is -0.494 e. The normalized spacial score (nSPS) is 17.0. The molecule has 5 nitrogen and oxygen atoms in total. The lowest BCUT2D eigenvalue weighted by atomic mass is 10.1. The molecule has 0 saturated carbocycles. The van der Waals surface area contributed by atoms with Crippen molar-refractivity contribution in [1.29, 1.82) is 0 Å². The lowest BCUT2D eigenvalue weighted by molar-refractivity contribution is -0.131. The average molecular weight is 420 g/mol. The van der Waals surface area contributed by atoms with Crippen LogP contribution in [0.1, 0.15) is 56.5 Å². The Bertz CT molecular complexity index is 1090. The zero-order chi connectivity index (χ0) is 22.2. The van der Waals surface area contributed by atoms with Crippen LogP contribution in [0.4, 0.5) is 0 Å². The number of ether oxygens (including phenoxy) is 1. The molecule has 1 aliphatic rings. The molecule has 1 amide bonds. The van der Waals surface area contributed by atoms with Gasteiger partial charge in [-0.05, 0) is 76.4 Å². The van der Waals surface area contributed by atoms with Crippen LogP contribution >= 0.6 is 0 Å². The quantitative estimate of drug-likeness (QED) is 0.514. The van der Waals surface area contributed by atoms with Crippen molar-refractivity contribution in [2.24, 2.45) is 0 Å². The van der Waals surface area contributed by atoms with Crippen LogP contribution in [0.5, 0.6) is 5.75 Å². The van der Waals surface area contributed by atoms with E-state index in [4.69, 9.17) is 9.72 Å². The van der Waals surface area contributed by atoms with Crippen molar-refractivity contribution in [2.45, 2.75) is 65.5 Å². The second-order valence-electron chi connectivity index (χ2n) is 9.63. The first-order valence-electron chi connectivity index (χ1n) is 11.2. The van der Waals surface area contributed by atoms with Crippen LogP contribution in [0.3, 0.4) is 0 Å².